The maximum absolute atomic E-state index is 11.4. The minimum absolute atomic E-state index is 0.0357. The van der Waals surface area contributed by atoms with Crippen molar-refractivity contribution >= 4 is 68.0 Å². The summed E-state index contributed by atoms with van der Waals surface area (Å²) in [7, 11) is -6.77. The zero-order chi connectivity index (χ0) is 29.9. The first kappa shape index (κ1) is 31.8. The van der Waals surface area contributed by atoms with E-state index in [0.717, 1.165) is 47.5 Å². The number of aryl methyl sites for hydroxylation is 3. The molecule has 0 radical (unpaired) electrons. The number of rotatable bonds is 12. The molecule has 1 aliphatic rings. The van der Waals surface area contributed by atoms with Gasteiger partial charge in [-0.05, 0) is 0 Å². The molecule has 0 saturated heterocycles. The van der Waals surface area contributed by atoms with Crippen LogP contribution in [0.1, 0.15) is 41.9 Å². The zero-order valence-corrected chi connectivity index (χ0v) is 27.6. The van der Waals surface area contributed by atoms with Gasteiger partial charge in [0.15, 0.2) is 0 Å². The van der Waals surface area contributed by atoms with Gasteiger partial charge in [-0.1, -0.05) is 0 Å². The summed E-state index contributed by atoms with van der Waals surface area (Å²) in [5.41, 5.74) is 5.36. The maximum atomic E-state index is 11.4. The van der Waals surface area contributed by atoms with E-state index >= 15 is 0 Å². The summed E-state index contributed by atoms with van der Waals surface area (Å²) in [6.45, 7) is 7.01. The Labute approximate surface area is 252 Å². The molecule has 9 nitrogen and oxygen atoms in total. The van der Waals surface area contributed by atoms with Crippen molar-refractivity contribution in [1.29, 1.82) is 0 Å². The van der Waals surface area contributed by atoms with E-state index in [9.17, 15) is 25.9 Å². The van der Waals surface area contributed by atoms with Crippen molar-refractivity contribution in [3.05, 3.63) is 62.7 Å². The van der Waals surface area contributed by atoms with E-state index in [1.165, 1.54) is 5.56 Å². The standard InChI is InChI=1S/C28H34N2O7S3Se/c1-5-21(16-27-29(10-6-12-39(31,32)33)23-14-19(2)20(3)15-25(23)38-27)17-28-30(11-7-13-40(34,35)36)24-18-22(37-4)8-9-26(24)41-28/h8-9,14-18H,5-7,10-13H2,1-4H3,(H-,31,32,33,34,35,36). The Bertz CT molecular complexity index is 1730. The summed E-state index contributed by atoms with van der Waals surface area (Å²) in [6.07, 6.45) is 5.49. The van der Waals surface area contributed by atoms with Crippen LogP contribution < -0.4 is 14.2 Å². The van der Waals surface area contributed by atoms with Crippen molar-refractivity contribution in [2.45, 2.75) is 51.5 Å². The quantitative estimate of drug-likeness (QED) is 0.169. The van der Waals surface area contributed by atoms with Crippen molar-refractivity contribution in [1.82, 2.24) is 0 Å². The van der Waals surface area contributed by atoms with E-state index in [-0.39, 0.29) is 33.1 Å². The number of nitrogens with zero attached hydrogens (tertiary/aromatic N) is 2. The molecule has 41 heavy (non-hydrogen) atoms. The normalized spacial score (nSPS) is 15.2. The van der Waals surface area contributed by atoms with Gasteiger partial charge in [-0.2, -0.15) is 0 Å². The fraction of sp³-hybridized carbons (Fsp3) is 0.393. The number of anilines is 1. The number of fused-ring (bicyclic) bond motifs is 2. The second kappa shape index (κ2) is 13.0. The predicted molar refractivity (Wildman–Crippen MR) is 163 cm³/mol. The molecule has 2 aromatic carbocycles. The van der Waals surface area contributed by atoms with E-state index in [2.05, 4.69) is 47.6 Å². The monoisotopic (exact) mass is 686 g/mol. The van der Waals surface area contributed by atoms with Gasteiger partial charge in [0.05, 0.1) is 0 Å². The molecule has 1 aromatic heterocycles. The number of ether oxygens (including phenoxy) is 1. The van der Waals surface area contributed by atoms with Crippen LogP contribution in [0.15, 0.2) is 51.9 Å². The summed E-state index contributed by atoms with van der Waals surface area (Å²) >= 11 is 1.60. The number of hydrogen-bond acceptors (Lipinski definition) is 8. The van der Waals surface area contributed by atoms with Crippen molar-refractivity contribution in [2.75, 3.05) is 30.1 Å². The average molecular weight is 686 g/mol. The summed E-state index contributed by atoms with van der Waals surface area (Å²) < 4.78 is 75.6. The second-order valence-electron chi connectivity index (χ2n) is 9.89. The summed E-state index contributed by atoms with van der Waals surface area (Å²) in [4.78, 5) is 3.21. The van der Waals surface area contributed by atoms with Crippen molar-refractivity contribution in [2.24, 2.45) is 0 Å². The minimum atomic E-state index is -4.31. The summed E-state index contributed by atoms with van der Waals surface area (Å²) in [6, 6.07) is 10.1. The molecule has 1 N–H and O–H groups in total. The van der Waals surface area contributed by atoms with Crippen LogP contribution in [0.5, 0.6) is 5.75 Å². The van der Waals surface area contributed by atoms with Crippen LogP contribution >= 0.6 is 11.8 Å². The molecule has 0 saturated carbocycles. The van der Waals surface area contributed by atoms with E-state index in [0.29, 0.717) is 18.8 Å². The van der Waals surface area contributed by atoms with E-state index in [1.54, 1.807) is 18.9 Å². The number of hydrogen-bond donors (Lipinski definition) is 1. The fourth-order valence-corrected chi connectivity index (χ4v) is 9.23. The molecule has 0 spiro atoms. The fourth-order valence-electron chi connectivity index (χ4n) is 4.61. The molecule has 2 heterocycles. The number of thioether (sulfide) groups is 1. The van der Waals surface area contributed by atoms with Crippen LogP contribution in [-0.2, 0) is 26.8 Å². The third kappa shape index (κ3) is 8.25. The number of aromatic nitrogens is 1. The molecule has 13 heteroatoms. The Morgan fingerprint density at radius 2 is 1.85 bits per heavy atom. The molecule has 3 aromatic rings. The van der Waals surface area contributed by atoms with Gasteiger partial charge in [0.2, 0.25) is 0 Å². The molecule has 0 atom stereocenters. The Morgan fingerprint density at radius 3 is 2.51 bits per heavy atom. The second-order valence-corrected chi connectivity index (χ2v) is 16.3. The third-order valence-electron chi connectivity index (χ3n) is 6.87. The molecule has 0 bridgehead atoms. The van der Waals surface area contributed by atoms with Gasteiger partial charge in [-0.25, -0.2) is 0 Å². The molecule has 222 valence electrons. The molecule has 4 rings (SSSR count). The van der Waals surface area contributed by atoms with E-state index in [4.69, 9.17) is 4.74 Å². The number of methoxy groups -OCH3 is 1. The third-order valence-corrected chi connectivity index (χ3v) is 11.9. The summed E-state index contributed by atoms with van der Waals surface area (Å²) in [5, 5.41) is 0.975. The van der Waals surface area contributed by atoms with Crippen LogP contribution in [0, 0.1) is 13.8 Å². The van der Waals surface area contributed by atoms with Crippen LogP contribution in [-0.4, -0.2) is 65.6 Å². The first-order valence-electron chi connectivity index (χ1n) is 13.2. The van der Waals surface area contributed by atoms with E-state index in [1.807, 2.05) is 25.1 Å². The molecule has 1 aliphatic heterocycles. The summed E-state index contributed by atoms with van der Waals surface area (Å²) in [5.74, 6) is -0.0341. The first-order valence-corrected chi connectivity index (χ1v) is 18.9. The van der Waals surface area contributed by atoms with Gasteiger partial charge in [0.1, 0.15) is 0 Å². The molecule has 0 unspecified atom stereocenters. The molecular formula is C28H34N2O7S3Se. The van der Waals surface area contributed by atoms with Crippen LogP contribution in [0.4, 0.5) is 5.69 Å². The van der Waals surface area contributed by atoms with Gasteiger partial charge in [0.25, 0.3) is 0 Å². The first-order chi connectivity index (χ1) is 19.3. The number of benzene rings is 2. The molecular weight excluding hydrogens is 651 g/mol. The molecule has 0 fully saturated rings. The number of allylic oxidation sites excluding steroid dienone is 2. The van der Waals surface area contributed by atoms with Crippen LogP contribution in [0.2, 0.25) is 0 Å². The van der Waals surface area contributed by atoms with Crippen LogP contribution in [0.3, 0.4) is 0 Å². The van der Waals surface area contributed by atoms with Crippen LogP contribution in [0.25, 0.3) is 15.9 Å². The van der Waals surface area contributed by atoms with Crippen molar-refractivity contribution in [3.8, 4) is 5.75 Å². The Morgan fingerprint density at radius 1 is 1.12 bits per heavy atom. The van der Waals surface area contributed by atoms with Crippen molar-refractivity contribution < 1.29 is 35.2 Å². The molecule has 0 aliphatic carbocycles. The Kier molecular flexibility index (Phi) is 10.1. The van der Waals surface area contributed by atoms with Gasteiger partial charge in [0, 0.05) is 0 Å². The predicted octanol–water partition coefficient (Wildman–Crippen LogP) is 4.27. The van der Waals surface area contributed by atoms with Gasteiger partial charge < -0.3 is 0 Å². The van der Waals surface area contributed by atoms with Gasteiger partial charge in [-0.3, -0.25) is 0 Å². The van der Waals surface area contributed by atoms with Gasteiger partial charge in [-0.15, -0.1) is 0 Å². The topological polar surface area (TPSA) is 128 Å². The van der Waals surface area contributed by atoms with Gasteiger partial charge >= 0.3 is 253 Å². The Balaban J connectivity index is 1.74. The molecule has 0 amide bonds. The Hall–Kier alpha value is -2.12. The zero-order valence-electron chi connectivity index (χ0n) is 23.4. The van der Waals surface area contributed by atoms with Crippen molar-refractivity contribution in [3.63, 3.8) is 0 Å². The van der Waals surface area contributed by atoms with E-state index < -0.39 is 26.0 Å². The average Bonchev–Trinajstić information content (AvgIpc) is 3.39. The SMILES string of the molecule is CCC(/C=C1\Sc2cc(C)c(C)cc2N1CCCS(=O)(=O)O)=C\c1[se]c2ccc(OC)cc2[n+]1CCCS(=O)(=O)[O-].